The zero-order valence-corrected chi connectivity index (χ0v) is 16.4. The highest BCUT2D eigenvalue weighted by Gasteiger charge is 2.08. The molecule has 4 rings (SSSR count). The van der Waals surface area contributed by atoms with Crippen LogP contribution >= 0.6 is 0 Å². The third-order valence-corrected chi connectivity index (χ3v) is 4.54. The van der Waals surface area contributed by atoms with Crippen molar-refractivity contribution in [2.75, 3.05) is 6.54 Å². The number of rotatable bonds is 7. The SMILES string of the molecule is O=C(NCCc1ccccc1)c1ccc(-c2nccc(Oc3ccccc3)n2)cc1. The van der Waals surface area contributed by atoms with E-state index in [1.54, 1.807) is 24.4 Å². The number of nitrogens with zero attached hydrogens (tertiary/aromatic N) is 2. The average molecular weight is 395 g/mol. The van der Waals surface area contributed by atoms with Crippen LogP contribution in [0, 0.1) is 0 Å². The van der Waals surface area contributed by atoms with Gasteiger partial charge in [-0.05, 0) is 36.2 Å². The molecule has 1 aromatic heterocycles. The summed E-state index contributed by atoms with van der Waals surface area (Å²) < 4.78 is 5.77. The minimum absolute atomic E-state index is 0.0976. The van der Waals surface area contributed by atoms with Crippen molar-refractivity contribution in [2.24, 2.45) is 0 Å². The monoisotopic (exact) mass is 395 g/mol. The van der Waals surface area contributed by atoms with Crippen molar-refractivity contribution in [3.63, 3.8) is 0 Å². The van der Waals surface area contributed by atoms with E-state index in [0.717, 1.165) is 12.0 Å². The molecule has 0 unspecified atom stereocenters. The molecule has 4 aromatic rings. The third kappa shape index (κ3) is 5.08. The lowest BCUT2D eigenvalue weighted by Gasteiger charge is -2.08. The molecule has 0 radical (unpaired) electrons. The molecule has 5 nitrogen and oxygen atoms in total. The molecule has 1 amide bonds. The van der Waals surface area contributed by atoms with E-state index in [1.165, 1.54) is 5.56 Å². The normalized spacial score (nSPS) is 10.4. The highest BCUT2D eigenvalue weighted by Crippen LogP contribution is 2.22. The quantitative estimate of drug-likeness (QED) is 0.483. The Balaban J connectivity index is 1.38. The van der Waals surface area contributed by atoms with Crippen LogP contribution in [0.3, 0.4) is 0 Å². The molecule has 0 atom stereocenters. The summed E-state index contributed by atoms with van der Waals surface area (Å²) in [6.45, 7) is 0.590. The Kier molecular flexibility index (Phi) is 6.11. The fraction of sp³-hybridized carbons (Fsp3) is 0.0800. The van der Waals surface area contributed by atoms with Gasteiger partial charge in [0.1, 0.15) is 5.75 Å². The highest BCUT2D eigenvalue weighted by molar-refractivity contribution is 5.94. The maximum Gasteiger partial charge on any atom is 0.251 e. The number of amides is 1. The number of carbonyl (C=O) groups excluding carboxylic acids is 1. The molecule has 0 fully saturated rings. The summed E-state index contributed by atoms with van der Waals surface area (Å²) in [5, 5.41) is 2.95. The van der Waals surface area contributed by atoms with Gasteiger partial charge in [0.15, 0.2) is 5.82 Å². The lowest BCUT2D eigenvalue weighted by atomic mass is 10.1. The van der Waals surface area contributed by atoms with Crippen LogP contribution in [-0.4, -0.2) is 22.4 Å². The Labute approximate surface area is 175 Å². The van der Waals surface area contributed by atoms with Crippen LogP contribution in [0.5, 0.6) is 11.6 Å². The molecular formula is C25H21N3O2. The van der Waals surface area contributed by atoms with Crippen molar-refractivity contribution in [3.05, 3.63) is 108 Å². The fourth-order valence-corrected chi connectivity index (χ4v) is 2.99. The van der Waals surface area contributed by atoms with Crippen LogP contribution in [0.4, 0.5) is 0 Å². The molecule has 0 saturated heterocycles. The number of hydrogen-bond donors (Lipinski definition) is 1. The summed E-state index contributed by atoms with van der Waals surface area (Å²) >= 11 is 0. The molecule has 5 heteroatoms. The topological polar surface area (TPSA) is 64.1 Å². The smallest absolute Gasteiger partial charge is 0.251 e. The molecule has 0 spiro atoms. The van der Waals surface area contributed by atoms with Gasteiger partial charge in [-0.1, -0.05) is 60.7 Å². The highest BCUT2D eigenvalue weighted by atomic mass is 16.5. The van der Waals surface area contributed by atoms with E-state index in [0.29, 0.717) is 29.6 Å². The first kappa shape index (κ1) is 19.3. The zero-order valence-electron chi connectivity index (χ0n) is 16.4. The second-order valence-corrected chi connectivity index (χ2v) is 6.70. The van der Waals surface area contributed by atoms with Crippen LogP contribution in [-0.2, 0) is 6.42 Å². The van der Waals surface area contributed by atoms with Gasteiger partial charge in [-0.3, -0.25) is 4.79 Å². The molecule has 1 N–H and O–H groups in total. The van der Waals surface area contributed by atoms with Crippen LogP contribution in [0.2, 0.25) is 0 Å². The first-order valence-corrected chi connectivity index (χ1v) is 9.76. The average Bonchev–Trinajstić information content (AvgIpc) is 2.81. The van der Waals surface area contributed by atoms with Gasteiger partial charge in [0.05, 0.1) is 0 Å². The number of aromatic nitrogens is 2. The second-order valence-electron chi connectivity index (χ2n) is 6.70. The van der Waals surface area contributed by atoms with Gasteiger partial charge in [0, 0.05) is 29.9 Å². The number of para-hydroxylation sites is 1. The first-order chi connectivity index (χ1) is 14.8. The maximum atomic E-state index is 12.4. The van der Waals surface area contributed by atoms with Crippen LogP contribution in [0.25, 0.3) is 11.4 Å². The number of hydrogen-bond acceptors (Lipinski definition) is 4. The van der Waals surface area contributed by atoms with Crippen molar-refractivity contribution in [3.8, 4) is 23.0 Å². The van der Waals surface area contributed by atoms with Gasteiger partial charge in [0.2, 0.25) is 5.88 Å². The van der Waals surface area contributed by atoms with Crippen LogP contribution < -0.4 is 10.1 Å². The Morgan fingerprint density at radius 1 is 0.833 bits per heavy atom. The van der Waals surface area contributed by atoms with Crippen molar-refractivity contribution in [2.45, 2.75) is 6.42 Å². The van der Waals surface area contributed by atoms with Crippen molar-refractivity contribution < 1.29 is 9.53 Å². The molecule has 3 aromatic carbocycles. The van der Waals surface area contributed by atoms with Gasteiger partial charge in [-0.25, -0.2) is 4.98 Å². The third-order valence-electron chi connectivity index (χ3n) is 4.54. The number of carbonyl (C=O) groups is 1. The van der Waals surface area contributed by atoms with E-state index >= 15 is 0 Å². The number of benzene rings is 3. The molecule has 0 aliphatic heterocycles. The summed E-state index contributed by atoms with van der Waals surface area (Å²) in [6.07, 6.45) is 2.46. The summed E-state index contributed by atoms with van der Waals surface area (Å²) in [7, 11) is 0. The lowest BCUT2D eigenvalue weighted by molar-refractivity contribution is 0.0954. The van der Waals surface area contributed by atoms with E-state index < -0.39 is 0 Å². The van der Waals surface area contributed by atoms with E-state index in [4.69, 9.17) is 4.74 Å². The van der Waals surface area contributed by atoms with Gasteiger partial charge in [-0.2, -0.15) is 4.98 Å². The Morgan fingerprint density at radius 3 is 2.27 bits per heavy atom. The van der Waals surface area contributed by atoms with Gasteiger partial charge in [-0.15, -0.1) is 0 Å². The van der Waals surface area contributed by atoms with Crippen molar-refractivity contribution in [1.82, 2.24) is 15.3 Å². The zero-order chi connectivity index (χ0) is 20.6. The van der Waals surface area contributed by atoms with E-state index in [9.17, 15) is 4.79 Å². The van der Waals surface area contributed by atoms with E-state index in [-0.39, 0.29) is 5.91 Å². The Bertz CT molecular complexity index is 1100. The largest absolute Gasteiger partial charge is 0.439 e. The minimum atomic E-state index is -0.0976. The molecule has 0 aliphatic rings. The molecule has 0 saturated carbocycles. The maximum absolute atomic E-state index is 12.4. The molecule has 0 aliphatic carbocycles. The predicted octanol–water partition coefficient (Wildman–Crippen LogP) is 4.91. The standard InChI is InChI=1S/C25H21N3O2/c29-25(27-17-15-19-7-3-1-4-8-19)21-13-11-20(12-14-21)24-26-18-16-23(28-24)30-22-9-5-2-6-10-22/h1-14,16,18H,15,17H2,(H,27,29). The molecule has 0 bridgehead atoms. The Hall–Kier alpha value is -3.99. The summed E-state index contributed by atoms with van der Waals surface area (Å²) in [4.78, 5) is 21.2. The summed E-state index contributed by atoms with van der Waals surface area (Å²) in [5.74, 6) is 1.62. The molecule has 1 heterocycles. The van der Waals surface area contributed by atoms with Gasteiger partial charge in [0.25, 0.3) is 5.91 Å². The van der Waals surface area contributed by atoms with Gasteiger partial charge >= 0.3 is 0 Å². The molecule has 148 valence electrons. The molecular weight excluding hydrogens is 374 g/mol. The lowest BCUT2D eigenvalue weighted by Crippen LogP contribution is -2.25. The second kappa shape index (κ2) is 9.47. The molecule has 30 heavy (non-hydrogen) atoms. The number of ether oxygens (including phenoxy) is 1. The number of nitrogens with one attached hydrogen (secondary N) is 1. The van der Waals surface area contributed by atoms with Crippen LogP contribution in [0.1, 0.15) is 15.9 Å². The summed E-state index contributed by atoms with van der Waals surface area (Å²) in [6, 6.07) is 28.5. The van der Waals surface area contributed by atoms with Crippen molar-refractivity contribution in [1.29, 1.82) is 0 Å². The van der Waals surface area contributed by atoms with Crippen molar-refractivity contribution >= 4 is 5.91 Å². The summed E-state index contributed by atoms with van der Waals surface area (Å²) in [5.41, 5.74) is 2.61. The van der Waals surface area contributed by atoms with Gasteiger partial charge < -0.3 is 10.1 Å². The van der Waals surface area contributed by atoms with Crippen LogP contribution in [0.15, 0.2) is 97.2 Å². The first-order valence-electron chi connectivity index (χ1n) is 9.76. The van der Waals surface area contributed by atoms with E-state index in [1.807, 2.05) is 60.7 Å². The fourth-order valence-electron chi connectivity index (χ4n) is 2.99. The Morgan fingerprint density at radius 2 is 1.53 bits per heavy atom. The van der Waals surface area contributed by atoms with E-state index in [2.05, 4.69) is 27.4 Å². The predicted molar refractivity (Wildman–Crippen MR) is 116 cm³/mol. The minimum Gasteiger partial charge on any atom is -0.439 e.